The highest BCUT2D eigenvalue weighted by molar-refractivity contribution is 5.76. The van der Waals surface area contributed by atoms with E-state index in [1.54, 1.807) is 0 Å². The molecule has 0 spiro atoms. The monoisotopic (exact) mass is 1030 g/mol. The van der Waals surface area contributed by atoms with Crippen LogP contribution in [0.1, 0.15) is 324 Å². The zero-order valence-electron chi connectivity index (χ0n) is 50.7. The molecule has 73 heavy (non-hydrogen) atoms. The lowest BCUT2D eigenvalue weighted by Gasteiger charge is -2.33. The molecule has 0 saturated heterocycles. The molecule has 0 aliphatic carbocycles. The van der Waals surface area contributed by atoms with Crippen LogP contribution in [0.25, 0.3) is 0 Å². The minimum Gasteiger partial charge on any atom is -0.465 e. The van der Waals surface area contributed by atoms with E-state index in [0.717, 1.165) is 103 Å². The first-order valence-electron chi connectivity index (χ1n) is 32.6. The third kappa shape index (κ3) is 47.3. The third-order valence-electron chi connectivity index (χ3n) is 15.8. The predicted octanol–water partition coefficient (Wildman–Crippen LogP) is 18.6. The molecule has 0 aliphatic heterocycles. The Labute approximate surface area is 456 Å². The molecule has 0 aliphatic rings. The Balaban J connectivity index is 5.63. The van der Waals surface area contributed by atoms with Gasteiger partial charge in [0.2, 0.25) is 5.91 Å². The lowest BCUT2D eigenvalue weighted by Crippen LogP contribution is -2.41. The topological polar surface area (TPSA) is 79.4 Å². The summed E-state index contributed by atoms with van der Waals surface area (Å²) in [6, 6.07) is 0.416. The molecular weight excluding hydrogens is 903 g/mol. The molecule has 0 aromatic carbocycles. The lowest BCUT2D eigenvalue weighted by atomic mass is 9.95. The number of rotatable bonds is 58. The smallest absolute Gasteiger partial charge is 0.305 e. The van der Waals surface area contributed by atoms with Crippen molar-refractivity contribution in [2.75, 3.05) is 60.0 Å². The maximum atomic E-state index is 13.8. The van der Waals surface area contributed by atoms with Crippen LogP contribution in [0.2, 0.25) is 0 Å². The quantitative estimate of drug-likeness (QED) is 0.0443. The van der Waals surface area contributed by atoms with Crippen molar-refractivity contribution >= 4 is 17.8 Å². The molecule has 0 bridgehead atoms. The second-order valence-electron chi connectivity index (χ2n) is 23.2. The summed E-state index contributed by atoms with van der Waals surface area (Å²) in [4.78, 5) is 47.2. The first-order valence-corrected chi connectivity index (χ1v) is 32.6. The van der Waals surface area contributed by atoms with E-state index < -0.39 is 0 Å². The zero-order valence-corrected chi connectivity index (χ0v) is 50.7. The second kappa shape index (κ2) is 55.1. The molecule has 0 saturated carbocycles. The van der Waals surface area contributed by atoms with E-state index in [1.807, 2.05) is 0 Å². The van der Waals surface area contributed by atoms with Crippen LogP contribution in [0.3, 0.4) is 0 Å². The maximum Gasteiger partial charge on any atom is 0.305 e. The van der Waals surface area contributed by atoms with Gasteiger partial charge in [0, 0.05) is 51.5 Å². The zero-order chi connectivity index (χ0) is 53.7. The normalized spacial score (nSPS) is 13.0. The van der Waals surface area contributed by atoms with E-state index >= 15 is 0 Å². The van der Waals surface area contributed by atoms with Gasteiger partial charge in [0.05, 0.1) is 13.2 Å². The Bertz CT molecular complexity index is 1110. The highest BCUT2D eigenvalue weighted by atomic mass is 16.5. The van der Waals surface area contributed by atoms with E-state index in [2.05, 4.69) is 70.3 Å². The summed E-state index contributed by atoms with van der Waals surface area (Å²) in [7, 11) is 4.33. The van der Waals surface area contributed by atoms with Gasteiger partial charge >= 0.3 is 11.9 Å². The standard InChI is InChI=1S/C65H129N3O5/c1-9-15-21-27-29-35-46-60(44-33-23-17-11-3)58-72-64(70)51-39-31-37-48-62(49-38-32-40-52-65(71)73-59-61(45-34-24-18-12-4)47-36-30-28-22-16-10-2)67(57-56-66(7)8)55-43-50-63(69)68(53-41-25-19-13-5)54-42-26-20-14-6/h60-62H,9-59H2,1-8H3. The molecule has 1 amide bonds. The summed E-state index contributed by atoms with van der Waals surface area (Å²) in [6.45, 7) is 19.5. The van der Waals surface area contributed by atoms with Gasteiger partial charge in [-0.25, -0.2) is 0 Å². The minimum atomic E-state index is -0.0149. The Morgan fingerprint density at radius 1 is 0.329 bits per heavy atom. The summed E-state index contributed by atoms with van der Waals surface area (Å²) in [5.41, 5.74) is 0. The molecule has 0 radical (unpaired) electrons. The number of unbranched alkanes of at least 4 members (excludes halogenated alkanes) is 26. The summed E-state index contributed by atoms with van der Waals surface area (Å²) in [5.74, 6) is 1.31. The number of amides is 1. The molecule has 8 nitrogen and oxygen atoms in total. The van der Waals surface area contributed by atoms with Gasteiger partial charge < -0.3 is 19.3 Å². The fourth-order valence-corrected chi connectivity index (χ4v) is 10.7. The van der Waals surface area contributed by atoms with Crippen LogP contribution in [0, 0.1) is 11.8 Å². The number of hydrogen-bond acceptors (Lipinski definition) is 7. The van der Waals surface area contributed by atoms with E-state index in [-0.39, 0.29) is 11.9 Å². The molecular formula is C65H129N3O5. The lowest BCUT2D eigenvalue weighted by molar-refractivity contribution is -0.146. The highest BCUT2D eigenvalue weighted by Gasteiger charge is 2.21. The maximum absolute atomic E-state index is 13.8. The molecule has 0 aromatic rings. The number of hydrogen-bond donors (Lipinski definition) is 0. The summed E-state index contributed by atoms with van der Waals surface area (Å²) in [5, 5.41) is 0. The van der Waals surface area contributed by atoms with Crippen LogP contribution in [0.5, 0.6) is 0 Å². The van der Waals surface area contributed by atoms with Gasteiger partial charge in [0.15, 0.2) is 0 Å². The van der Waals surface area contributed by atoms with Gasteiger partial charge in [0.25, 0.3) is 0 Å². The average molecular weight is 1030 g/mol. The van der Waals surface area contributed by atoms with E-state index in [1.165, 1.54) is 193 Å². The molecule has 0 fully saturated rings. The van der Waals surface area contributed by atoms with Crippen LogP contribution in [-0.4, -0.2) is 98.6 Å². The number of carbonyl (C=O) groups is 3. The van der Waals surface area contributed by atoms with Crippen LogP contribution < -0.4 is 0 Å². The molecule has 8 heteroatoms. The third-order valence-corrected chi connectivity index (χ3v) is 15.8. The molecule has 434 valence electrons. The van der Waals surface area contributed by atoms with Crippen molar-refractivity contribution in [3.8, 4) is 0 Å². The van der Waals surface area contributed by atoms with Crippen LogP contribution in [-0.2, 0) is 23.9 Å². The van der Waals surface area contributed by atoms with Crippen molar-refractivity contribution in [3.63, 3.8) is 0 Å². The Morgan fingerprint density at radius 3 is 1.04 bits per heavy atom. The van der Waals surface area contributed by atoms with Gasteiger partial charge in [0.1, 0.15) is 0 Å². The van der Waals surface area contributed by atoms with Gasteiger partial charge in [-0.15, -0.1) is 0 Å². The number of likely N-dealkylation sites (N-methyl/N-ethyl adjacent to an activating group) is 1. The predicted molar refractivity (Wildman–Crippen MR) is 317 cm³/mol. The van der Waals surface area contributed by atoms with Crippen LogP contribution in [0.15, 0.2) is 0 Å². The van der Waals surface area contributed by atoms with Crippen molar-refractivity contribution in [1.82, 2.24) is 14.7 Å². The molecule has 0 N–H and O–H groups in total. The Hall–Kier alpha value is -1.67. The minimum absolute atomic E-state index is 0.0149. The summed E-state index contributed by atoms with van der Waals surface area (Å²) < 4.78 is 12.0. The first-order chi connectivity index (χ1) is 35.6. The Morgan fingerprint density at radius 2 is 0.658 bits per heavy atom. The fraction of sp³-hybridized carbons (Fsp3) is 0.954. The number of ether oxygens (including phenoxy) is 2. The first kappa shape index (κ1) is 71.3. The fourth-order valence-electron chi connectivity index (χ4n) is 10.7. The van der Waals surface area contributed by atoms with E-state index in [0.29, 0.717) is 56.3 Å². The highest BCUT2D eigenvalue weighted by Crippen LogP contribution is 2.24. The van der Waals surface area contributed by atoms with Crippen molar-refractivity contribution < 1.29 is 23.9 Å². The molecule has 2 unspecified atom stereocenters. The average Bonchev–Trinajstić information content (AvgIpc) is 3.38. The van der Waals surface area contributed by atoms with Gasteiger partial charge in [-0.05, 0) is 103 Å². The van der Waals surface area contributed by atoms with Gasteiger partial charge in [-0.3, -0.25) is 19.3 Å². The van der Waals surface area contributed by atoms with E-state index in [4.69, 9.17) is 9.47 Å². The van der Waals surface area contributed by atoms with E-state index in [9.17, 15) is 14.4 Å². The summed E-state index contributed by atoms with van der Waals surface area (Å²) >= 11 is 0. The van der Waals surface area contributed by atoms with Crippen LogP contribution in [0.4, 0.5) is 0 Å². The van der Waals surface area contributed by atoms with Crippen molar-refractivity contribution in [3.05, 3.63) is 0 Å². The van der Waals surface area contributed by atoms with Gasteiger partial charge in [-0.2, -0.15) is 0 Å². The largest absolute Gasteiger partial charge is 0.465 e. The molecule has 0 aromatic heterocycles. The Kier molecular flexibility index (Phi) is 53.8. The summed E-state index contributed by atoms with van der Waals surface area (Å²) in [6.07, 6.45) is 50.8. The van der Waals surface area contributed by atoms with Crippen molar-refractivity contribution in [1.29, 1.82) is 0 Å². The molecule has 2 atom stereocenters. The number of esters is 2. The van der Waals surface area contributed by atoms with Crippen LogP contribution >= 0.6 is 0 Å². The van der Waals surface area contributed by atoms with Gasteiger partial charge in [-0.1, -0.05) is 234 Å². The van der Waals surface area contributed by atoms with Crippen molar-refractivity contribution in [2.45, 2.75) is 330 Å². The number of carbonyl (C=O) groups excluding carboxylic acids is 3. The molecule has 0 rings (SSSR count). The number of nitrogens with zero attached hydrogens (tertiary/aromatic N) is 3. The van der Waals surface area contributed by atoms with Crippen molar-refractivity contribution in [2.24, 2.45) is 11.8 Å². The SMILES string of the molecule is CCCCCCCCC(CCCCCC)COC(=O)CCCCCC(CCCCCC(=O)OCC(CCCCCC)CCCCCCCC)N(CCCC(=O)N(CCCCCC)CCCCCC)CCN(C)C. The second-order valence-corrected chi connectivity index (χ2v) is 23.2. The molecule has 0 heterocycles.